The maximum atomic E-state index is 12.9. The molecular weight excluding hydrogens is 1670 g/mol. The molecule has 3 saturated heterocycles. The number of carboxylic acids is 4. The first-order valence-electron chi connectivity index (χ1n) is 33.9. The molecule has 8 aliphatic heterocycles. The van der Waals surface area contributed by atoms with Crippen molar-refractivity contribution in [3.8, 4) is 0 Å². The zero-order valence-electron chi connectivity index (χ0n) is 63.2. The zero-order valence-corrected chi connectivity index (χ0v) is 74.2. The van der Waals surface area contributed by atoms with Gasteiger partial charge in [0.25, 0.3) is 17.7 Å². The molecule has 0 saturated carbocycles. The Labute approximate surface area is 706 Å². The number of hydrogen-bond donors (Lipinski definition) is 14. The van der Waals surface area contributed by atoms with Crippen molar-refractivity contribution in [3.63, 3.8) is 0 Å². The number of nitrogens with zero attached hydrogens (tertiary/aromatic N) is 11. The van der Waals surface area contributed by atoms with E-state index in [0.717, 1.165) is 48.3 Å². The number of aromatic nitrogens is 1. The Hall–Kier alpha value is -5.52. The normalized spacial score (nSPS) is 21.0. The molecule has 0 spiro atoms. The van der Waals surface area contributed by atoms with Crippen LogP contribution in [0.25, 0.3) is 0 Å². The number of amidine groups is 5. The number of aryl methyl sites for hydroxylation is 2. The third-order valence-electron chi connectivity index (χ3n) is 14.9. The second-order valence-electron chi connectivity index (χ2n) is 26.3. The molecule has 14 N–H and O–H groups in total. The molecular formula is C61H90N21NaO17S11. The third kappa shape index (κ3) is 27.3. The molecule has 8 aliphatic rings. The van der Waals surface area contributed by atoms with Gasteiger partial charge in [0.05, 0.1) is 23.0 Å². The second-order valence-corrected chi connectivity index (χ2v) is 38.2. The number of hydrazone groups is 2. The van der Waals surface area contributed by atoms with Crippen LogP contribution in [0.3, 0.4) is 0 Å². The molecule has 0 aliphatic carbocycles. The quantitative estimate of drug-likeness (QED) is 0.0112. The van der Waals surface area contributed by atoms with Crippen molar-refractivity contribution < 1.29 is 111 Å². The van der Waals surface area contributed by atoms with Crippen LogP contribution in [0.15, 0.2) is 63.3 Å². The number of carbonyl (C=O) groups excluding carboxylic acids is 6. The number of fused-ring (bicyclic) bond motifs is 3. The molecule has 0 bridgehead atoms. The number of amides is 6. The Morgan fingerprint density at radius 2 is 0.865 bits per heavy atom. The summed E-state index contributed by atoms with van der Waals surface area (Å²) in [7, 11) is -4.59. The number of hydrazine groups is 4. The second kappa shape index (κ2) is 43.4. The molecule has 6 atom stereocenters. The van der Waals surface area contributed by atoms with E-state index in [-0.39, 0.29) is 147 Å². The number of aliphatic imine (C=N–C) groups is 3. The third-order valence-corrected chi connectivity index (χ3v) is 26.7. The number of nitrogens with one attached hydrogen (secondary N) is 10. The van der Waals surface area contributed by atoms with E-state index in [1.165, 1.54) is 97.1 Å². The van der Waals surface area contributed by atoms with Gasteiger partial charge in [-0.15, -0.1) is 67.9 Å². The molecule has 111 heavy (non-hydrogen) atoms. The summed E-state index contributed by atoms with van der Waals surface area (Å²) in [5, 5.41) is 67.3. The predicted octanol–water partition coefficient (Wildman–Crippen LogP) is -1.22. The van der Waals surface area contributed by atoms with Crippen molar-refractivity contribution in [1.29, 1.82) is 0 Å². The summed E-state index contributed by atoms with van der Waals surface area (Å²) in [4.78, 5) is 146. The van der Waals surface area contributed by atoms with Crippen molar-refractivity contribution >= 4 is 212 Å². The van der Waals surface area contributed by atoms with Crippen LogP contribution in [-0.4, -0.2) is 283 Å². The van der Waals surface area contributed by atoms with Gasteiger partial charge in [-0.3, -0.25) is 73.3 Å². The van der Waals surface area contributed by atoms with Gasteiger partial charge in [0.1, 0.15) is 73.9 Å². The molecule has 9 heterocycles. The largest absolute Gasteiger partial charge is 1.00 e. The molecule has 6 amide bonds. The van der Waals surface area contributed by atoms with Gasteiger partial charge < -0.3 is 56.9 Å². The van der Waals surface area contributed by atoms with Crippen molar-refractivity contribution in [3.05, 3.63) is 44.4 Å². The number of rotatable bonds is 29. The van der Waals surface area contributed by atoms with Gasteiger partial charge in [-0.2, -0.15) is 0 Å². The van der Waals surface area contributed by atoms with Crippen molar-refractivity contribution in [2.75, 3.05) is 64.2 Å². The number of thiazole rings is 1. The van der Waals surface area contributed by atoms with E-state index in [0.29, 0.717) is 54.6 Å². The maximum Gasteiger partial charge on any atom is 1.00 e. The van der Waals surface area contributed by atoms with E-state index in [1.54, 1.807) is 11.3 Å². The van der Waals surface area contributed by atoms with Crippen molar-refractivity contribution in [1.82, 2.24) is 83.7 Å². The Balaban J connectivity index is 0.000000259. The van der Waals surface area contributed by atoms with E-state index in [2.05, 4.69) is 84.2 Å². The molecule has 3 fully saturated rings. The van der Waals surface area contributed by atoms with Crippen LogP contribution in [0.4, 0.5) is 0 Å². The SMILES string of the molecule is CC(C)N=C(NC(C)C)SCC(=O)NC1C(=O)N2C(C(=O)O)=C(CSC3=NNNN3CC(=O)O)CSC12.CC(C)N=C(NC(C)C)SCC(=O)NC1C(=O)N2C(C(=O)O)=C(CSC3=NNNN3CS(=O)(=O)[O-])CSC12.Cc1nc(SCC2=C(C(=O)O)N3C(=O)C(NC(=O)CSC(=NC(C)C)NC(C)C)C3SC2)sc1C.[Na+]. The van der Waals surface area contributed by atoms with Gasteiger partial charge in [0, 0.05) is 75.6 Å². The van der Waals surface area contributed by atoms with Crippen molar-refractivity contribution in [2.24, 2.45) is 25.2 Å². The van der Waals surface area contributed by atoms with Gasteiger partial charge in [-0.1, -0.05) is 70.6 Å². The Kier molecular flexibility index (Phi) is 36.9. The molecule has 6 unspecified atom stereocenters. The monoisotopic (exact) mass is 1760 g/mol. The fourth-order valence-electron chi connectivity index (χ4n) is 10.4. The molecule has 9 rings (SSSR count). The minimum absolute atomic E-state index is 0. The molecule has 0 radical (unpaired) electrons. The summed E-state index contributed by atoms with van der Waals surface area (Å²) in [6.07, 6.45) is 0. The van der Waals surface area contributed by atoms with Crippen molar-refractivity contribution in [2.45, 2.75) is 172 Å². The summed E-state index contributed by atoms with van der Waals surface area (Å²) in [6, 6.07) is -1.76. The summed E-state index contributed by atoms with van der Waals surface area (Å²) in [6.45, 7) is 27.1. The van der Waals surface area contributed by atoms with Gasteiger partial charge >= 0.3 is 53.4 Å². The molecule has 38 nitrogen and oxygen atoms in total. The maximum absolute atomic E-state index is 12.9. The average Bonchev–Trinajstić information content (AvgIpc) is 0.864. The average molecular weight is 1770 g/mol. The Bertz CT molecular complexity index is 4030. The number of hydrogen-bond acceptors (Lipinski definition) is 35. The van der Waals surface area contributed by atoms with E-state index in [4.69, 9.17) is 5.11 Å². The summed E-state index contributed by atoms with van der Waals surface area (Å²) >= 11 is 13.1. The van der Waals surface area contributed by atoms with Gasteiger partial charge in [-0.05, 0) is 114 Å². The number of carbonyl (C=O) groups is 10. The molecule has 50 heteroatoms. The molecule has 0 aromatic carbocycles. The van der Waals surface area contributed by atoms with Crippen LogP contribution >= 0.6 is 117 Å². The van der Waals surface area contributed by atoms with Crippen LogP contribution in [0.2, 0.25) is 0 Å². The fourth-order valence-corrected chi connectivity index (χ4v) is 22.2. The first-order chi connectivity index (χ1) is 51.7. The number of carboxylic acid groups (broad SMARTS) is 4. The van der Waals surface area contributed by atoms with E-state index in [9.17, 15) is 76.2 Å². The van der Waals surface area contributed by atoms with E-state index < -0.39 is 91.8 Å². The molecule has 1 aromatic rings. The minimum atomic E-state index is -4.59. The Morgan fingerprint density at radius 3 is 1.15 bits per heavy atom. The van der Waals surface area contributed by atoms with Crippen LogP contribution < -0.4 is 83.6 Å². The standard InChI is InChI=1S/C22H31N5O4S4.C20H30N8O6S3.C19H30N8O7S4.Na/c1-10(2)23-21(24-11(3)4)33-9-15(28)26-16-18(29)27-17(20(30)31)14(7-32-19(16)27)8-34-22-25-12(5)13(6)35-22;1-9(2)21-19(22-10(3)4)36-8-12(29)23-14-16(32)28-15(18(33)34)11(6-35-17(14)28)7-37-20-24-25-26-27(20)5-13(30)31;1-9(2)20-18(21-10(3)4)36-7-12(28)22-13-15(29)27-14(17(30)31)11(5-35-16(13)27)6-37-19-23-24-25-26(19)8-38(32,33)34;/h10-11,16,19H,7-9H2,1-6H3,(H,23,24)(H,26,28)(H,30,31);9-10,14,17,25-26H,5-8H2,1-4H3,(H,21,22)(H,23,29)(H,30,31)(H,33,34);9-10,13,16,24-25H,5-8H2,1-4H3,(H,20,21)(H,22,28)(H,30,31)(H,32,33,34);/q;;;+1/p-1. The molecule has 1 aromatic heterocycles. The fraction of sp³-hybridized carbons (Fsp3) is 0.607. The van der Waals surface area contributed by atoms with Crippen LogP contribution in [0.5, 0.6) is 0 Å². The van der Waals surface area contributed by atoms with Gasteiger partial charge in [-0.25, -0.2) is 38.9 Å². The first kappa shape index (κ1) is 94.3. The smallest absolute Gasteiger partial charge is 0.747 e. The topological polar surface area (TPSA) is 520 Å². The summed E-state index contributed by atoms with van der Waals surface area (Å²) in [5.74, 6) is -5.99. The minimum Gasteiger partial charge on any atom is -0.747 e. The Morgan fingerprint density at radius 1 is 0.541 bits per heavy atom. The van der Waals surface area contributed by atoms with E-state index >= 15 is 0 Å². The summed E-state index contributed by atoms with van der Waals surface area (Å²) in [5.41, 5.74) is 12.1. The predicted molar refractivity (Wildman–Crippen MR) is 434 cm³/mol. The summed E-state index contributed by atoms with van der Waals surface area (Å²) < 4.78 is 34.1. The van der Waals surface area contributed by atoms with Crippen LogP contribution in [-0.2, 0) is 58.1 Å². The van der Waals surface area contributed by atoms with Gasteiger partial charge in [0.2, 0.25) is 28.1 Å². The van der Waals surface area contributed by atoms with E-state index in [1.807, 2.05) is 96.9 Å². The van der Waals surface area contributed by atoms with Crippen LogP contribution in [0.1, 0.15) is 93.7 Å². The number of β-lactam (4-membered cyclic amide) rings is 3. The van der Waals surface area contributed by atoms with Crippen LogP contribution in [0, 0.1) is 13.8 Å². The number of aliphatic carboxylic acids is 4. The first-order valence-corrected chi connectivity index (χ1v) is 45.4. The number of thioether (sulfide) groups is 9. The van der Waals surface area contributed by atoms with Gasteiger partial charge in [0.15, 0.2) is 19.8 Å². The zero-order chi connectivity index (χ0) is 81.3. The molecule has 608 valence electrons.